The first-order valence-electron chi connectivity index (χ1n) is 10.0. The first-order valence-corrected chi connectivity index (χ1v) is 11.6. The van der Waals surface area contributed by atoms with Crippen LogP contribution in [0.15, 0.2) is 30.3 Å². The summed E-state index contributed by atoms with van der Waals surface area (Å²) in [6, 6.07) is 8.37. The fourth-order valence-corrected chi connectivity index (χ4v) is 6.16. The third kappa shape index (κ3) is 3.39. The first kappa shape index (κ1) is 19.3. The molecular formula is C20H23N5O4S. The van der Waals surface area contributed by atoms with Crippen LogP contribution in [0.25, 0.3) is 11.4 Å². The van der Waals surface area contributed by atoms with Gasteiger partial charge in [-0.1, -0.05) is 0 Å². The number of benzene rings is 1. The van der Waals surface area contributed by atoms with Crippen LogP contribution in [0.3, 0.4) is 0 Å². The van der Waals surface area contributed by atoms with E-state index in [-0.39, 0.29) is 23.1 Å². The van der Waals surface area contributed by atoms with E-state index in [0.29, 0.717) is 48.8 Å². The Labute approximate surface area is 174 Å². The highest BCUT2D eigenvalue weighted by atomic mass is 32.2. The number of nitrogens with one attached hydrogen (secondary N) is 2. The van der Waals surface area contributed by atoms with Crippen molar-refractivity contribution in [1.82, 2.24) is 15.3 Å². The van der Waals surface area contributed by atoms with Gasteiger partial charge in [-0.25, -0.2) is 23.2 Å². The van der Waals surface area contributed by atoms with Crippen LogP contribution in [0, 0.1) is 0 Å². The molecule has 0 unspecified atom stereocenters. The number of urea groups is 1. The lowest BCUT2D eigenvalue weighted by molar-refractivity contribution is 0.000735. The van der Waals surface area contributed by atoms with Gasteiger partial charge in [0, 0.05) is 17.3 Å². The van der Waals surface area contributed by atoms with E-state index >= 15 is 0 Å². The Morgan fingerprint density at radius 1 is 1.13 bits per heavy atom. The van der Waals surface area contributed by atoms with Crippen LogP contribution in [0.1, 0.15) is 31.4 Å². The van der Waals surface area contributed by atoms with Crippen molar-refractivity contribution >= 4 is 27.4 Å². The molecule has 158 valence electrons. The number of amides is 2. The number of anilines is 2. The number of nitrogen functional groups attached to an aromatic ring is 1. The number of nitrogens with zero attached hydrogens (tertiary/aromatic N) is 2. The first-order chi connectivity index (χ1) is 14.4. The molecule has 2 amide bonds. The SMILES string of the molecule is Nc1cc(C2(S(=O)(=O)C3CC3)CC2)nc(-c2ccc(NC(=O)NC3COC3)cc2)n1. The molecule has 10 heteroatoms. The molecule has 4 N–H and O–H groups in total. The van der Waals surface area contributed by atoms with Crippen molar-refractivity contribution in [3.63, 3.8) is 0 Å². The van der Waals surface area contributed by atoms with E-state index in [4.69, 9.17) is 10.5 Å². The van der Waals surface area contributed by atoms with Crippen LogP contribution in [0.2, 0.25) is 0 Å². The summed E-state index contributed by atoms with van der Waals surface area (Å²) in [5.41, 5.74) is 7.80. The zero-order chi connectivity index (χ0) is 20.9. The van der Waals surface area contributed by atoms with Gasteiger partial charge in [-0.05, 0) is 49.9 Å². The Morgan fingerprint density at radius 3 is 2.40 bits per heavy atom. The molecule has 5 rings (SSSR count). The zero-order valence-electron chi connectivity index (χ0n) is 16.3. The Kier molecular flexibility index (Phi) is 4.44. The van der Waals surface area contributed by atoms with Gasteiger partial charge < -0.3 is 21.1 Å². The van der Waals surface area contributed by atoms with Gasteiger partial charge in [-0.3, -0.25) is 0 Å². The van der Waals surface area contributed by atoms with Crippen LogP contribution < -0.4 is 16.4 Å². The van der Waals surface area contributed by atoms with E-state index in [1.54, 1.807) is 30.3 Å². The summed E-state index contributed by atoms with van der Waals surface area (Å²) < 4.78 is 30.0. The van der Waals surface area contributed by atoms with Gasteiger partial charge >= 0.3 is 6.03 Å². The summed E-state index contributed by atoms with van der Waals surface area (Å²) in [4.78, 5) is 20.8. The van der Waals surface area contributed by atoms with Gasteiger partial charge in [0.05, 0.1) is 30.2 Å². The average molecular weight is 430 g/mol. The number of sulfone groups is 1. The third-order valence-electron chi connectivity index (χ3n) is 5.80. The molecule has 3 aliphatic rings. The highest BCUT2D eigenvalue weighted by Crippen LogP contribution is 2.57. The van der Waals surface area contributed by atoms with Gasteiger partial charge in [0.15, 0.2) is 15.7 Å². The molecule has 3 fully saturated rings. The molecule has 30 heavy (non-hydrogen) atoms. The molecular weight excluding hydrogens is 406 g/mol. The molecule has 2 aliphatic carbocycles. The number of ether oxygens (including phenoxy) is 1. The van der Waals surface area contributed by atoms with Gasteiger partial charge in [0.25, 0.3) is 0 Å². The standard InChI is InChI=1S/C20H23N5O4S/c21-17-9-16(20(7-8-20)30(27,28)15-5-6-15)24-18(25-17)12-1-3-13(4-2-12)22-19(26)23-14-10-29-11-14/h1-4,9,14-15H,5-8,10-11H2,(H2,21,24,25)(H2,22,23,26). The molecule has 1 aromatic carbocycles. The molecule has 9 nitrogen and oxygen atoms in total. The number of nitrogens with two attached hydrogens (primary N) is 1. The smallest absolute Gasteiger partial charge is 0.319 e. The molecule has 0 atom stereocenters. The van der Waals surface area contributed by atoms with E-state index in [9.17, 15) is 13.2 Å². The van der Waals surface area contributed by atoms with Crippen molar-refractivity contribution in [1.29, 1.82) is 0 Å². The average Bonchev–Trinajstić information content (AvgIpc) is 3.57. The van der Waals surface area contributed by atoms with Crippen molar-refractivity contribution in [2.75, 3.05) is 24.3 Å². The van der Waals surface area contributed by atoms with Crippen molar-refractivity contribution in [3.05, 3.63) is 36.0 Å². The van der Waals surface area contributed by atoms with E-state index in [1.807, 2.05) is 0 Å². The number of carbonyl (C=O) groups excluding carboxylic acids is 1. The molecule has 1 saturated heterocycles. The van der Waals surface area contributed by atoms with Crippen molar-refractivity contribution in [3.8, 4) is 11.4 Å². The van der Waals surface area contributed by atoms with Gasteiger partial charge in [-0.15, -0.1) is 0 Å². The van der Waals surface area contributed by atoms with Crippen LogP contribution >= 0.6 is 0 Å². The number of hydrogen-bond donors (Lipinski definition) is 3. The predicted octanol–water partition coefficient (Wildman–Crippen LogP) is 1.81. The summed E-state index contributed by atoms with van der Waals surface area (Å²) in [7, 11) is -3.26. The molecule has 1 aromatic heterocycles. The summed E-state index contributed by atoms with van der Waals surface area (Å²) in [6.45, 7) is 1.05. The van der Waals surface area contributed by atoms with E-state index in [2.05, 4.69) is 20.6 Å². The highest BCUT2D eigenvalue weighted by Gasteiger charge is 2.61. The summed E-state index contributed by atoms with van der Waals surface area (Å²) >= 11 is 0. The summed E-state index contributed by atoms with van der Waals surface area (Å²) in [5.74, 6) is 0.626. The quantitative estimate of drug-likeness (QED) is 0.637. The largest absolute Gasteiger partial charge is 0.384 e. The number of aromatic nitrogens is 2. The lowest BCUT2D eigenvalue weighted by atomic mass is 10.1. The van der Waals surface area contributed by atoms with Crippen LogP contribution in [-0.2, 0) is 19.3 Å². The van der Waals surface area contributed by atoms with Crippen LogP contribution in [-0.4, -0.2) is 48.9 Å². The second-order valence-electron chi connectivity index (χ2n) is 8.15. The van der Waals surface area contributed by atoms with Crippen molar-refractivity contribution in [2.24, 2.45) is 0 Å². The number of hydrogen-bond acceptors (Lipinski definition) is 7. The summed E-state index contributed by atoms with van der Waals surface area (Å²) in [6.07, 6.45) is 2.61. The monoisotopic (exact) mass is 429 g/mol. The second-order valence-corrected chi connectivity index (χ2v) is 10.7. The number of carbonyl (C=O) groups is 1. The Bertz CT molecular complexity index is 1090. The molecule has 2 aromatic rings. The second kappa shape index (κ2) is 6.92. The minimum atomic E-state index is -3.26. The Balaban J connectivity index is 1.36. The summed E-state index contributed by atoms with van der Waals surface area (Å²) in [5, 5.41) is 5.32. The number of rotatable bonds is 6. The molecule has 0 bridgehead atoms. The van der Waals surface area contributed by atoms with E-state index in [1.165, 1.54) is 0 Å². The van der Waals surface area contributed by atoms with Crippen molar-refractivity contribution < 1.29 is 17.9 Å². The predicted molar refractivity (Wildman–Crippen MR) is 111 cm³/mol. The maximum absolute atomic E-state index is 12.9. The third-order valence-corrected chi connectivity index (χ3v) is 8.85. The normalized spacial score (nSPS) is 20.3. The lowest BCUT2D eigenvalue weighted by Gasteiger charge is -2.26. The van der Waals surface area contributed by atoms with Crippen molar-refractivity contribution in [2.45, 2.75) is 41.7 Å². The minimum Gasteiger partial charge on any atom is -0.384 e. The highest BCUT2D eigenvalue weighted by molar-refractivity contribution is 7.93. The lowest BCUT2D eigenvalue weighted by Crippen LogP contribution is -2.49. The van der Waals surface area contributed by atoms with E-state index < -0.39 is 14.6 Å². The maximum Gasteiger partial charge on any atom is 0.319 e. The molecule has 0 spiro atoms. The van der Waals surface area contributed by atoms with Crippen LogP contribution in [0.4, 0.5) is 16.3 Å². The zero-order valence-corrected chi connectivity index (χ0v) is 17.1. The Morgan fingerprint density at radius 2 is 1.83 bits per heavy atom. The topological polar surface area (TPSA) is 136 Å². The Hall–Kier alpha value is -2.72. The molecule has 2 saturated carbocycles. The van der Waals surface area contributed by atoms with Crippen LogP contribution in [0.5, 0.6) is 0 Å². The van der Waals surface area contributed by atoms with Gasteiger partial charge in [-0.2, -0.15) is 0 Å². The molecule has 2 heterocycles. The van der Waals surface area contributed by atoms with E-state index in [0.717, 1.165) is 12.8 Å². The van der Waals surface area contributed by atoms with Gasteiger partial charge in [0.2, 0.25) is 0 Å². The fourth-order valence-electron chi connectivity index (χ4n) is 3.70. The molecule has 0 radical (unpaired) electrons. The molecule has 1 aliphatic heterocycles. The minimum absolute atomic E-state index is 0.0463. The fraction of sp³-hybridized carbons (Fsp3) is 0.450. The van der Waals surface area contributed by atoms with Gasteiger partial charge in [0.1, 0.15) is 10.6 Å². The maximum atomic E-state index is 12.9.